The number of nitrogens with zero attached hydrogens (tertiary/aromatic N) is 2. The molecule has 0 aliphatic rings. The number of sulfonamides is 1. The molecule has 1 heterocycles. The summed E-state index contributed by atoms with van der Waals surface area (Å²) in [6.45, 7) is 4.23. The van der Waals surface area contributed by atoms with Crippen molar-refractivity contribution in [2.75, 3.05) is 10.8 Å². The van der Waals surface area contributed by atoms with E-state index in [9.17, 15) is 8.42 Å². The van der Waals surface area contributed by atoms with E-state index in [1.807, 2.05) is 25.1 Å². The average Bonchev–Trinajstić information content (AvgIpc) is 2.88. The molecule has 5 nitrogen and oxygen atoms in total. The number of para-hydroxylation sites is 1. The summed E-state index contributed by atoms with van der Waals surface area (Å²) in [6, 6.07) is 9.14. The van der Waals surface area contributed by atoms with Gasteiger partial charge in [0.05, 0.1) is 11.9 Å². The SMILES string of the molecule is CCCCN(c1ccccc1)S(=O)(=O)c1cnc(C)[nH]1. The molecule has 0 aliphatic carbocycles. The van der Waals surface area contributed by atoms with Gasteiger partial charge in [0.2, 0.25) is 0 Å². The normalized spacial score (nSPS) is 11.5. The van der Waals surface area contributed by atoms with Gasteiger partial charge in [-0.2, -0.15) is 8.42 Å². The summed E-state index contributed by atoms with van der Waals surface area (Å²) in [6.07, 6.45) is 3.11. The van der Waals surface area contributed by atoms with Crippen LogP contribution in [0.4, 0.5) is 5.69 Å². The van der Waals surface area contributed by atoms with Crippen LogP contribution in [-0.2, 0) is 10.0 Å². The molecule has 1 N–H and O–H groups in total. The monoisotopic (exact) mass is 293 g/mol. The maximum absolute atomic E-state index is 12.7. The first-order valence-corrected chi connectivity index (χ1v) is 8.09. The van der Waals surface area contributed by atoms with Gasteiger partial charge in [-0.25, -0.2) is 4.98 Å². The highest BCUT2D eigenvalue weighted by Gasteiger charge is 2.26. The van der Waals surface area contributed by atoms with Crippen LogP contribution < -0.4 is 4.31 Å². The minimum absolute atomic E-state index is 0.134. The third-order valence-electron chi connectivity index (χ3n) is 3.01. The van der Waals surface area contributed by atoms with Crippen molar-refractivity contribution in [3.8, 4) is 0 Å². The van der Waals surface area contributed by atoms with Crippen LogP contribution in [0.3, 0.4) is 0 Å². The smallest absolute Gasteiger partial charge is 0.281 e. The Hall–Kier alpha value is -1.82. The lowest BCUT2D eigenvalue weighted by Gasteiger charge is -2.23. The van der Waals surface area contributed by atoms with Crippen molar-refractivity contribution in [2.45, 2.75) is 31.7 Å². The number of aryl methyl sites for hydroxylation is 1. The summed E-state index contributed by atoms with van der Waals surface area (Å²) >= 11 is 0. The van der Waals surface area contributed by atoms with Gasteiger partial charge in [0.25, 0.3) is 10.0 Å². The van der Waals surface area contributed by atoms with Crippen molar-refractivity contribution < 1.29 is 8.42 Å². The first-order valence-electron chi connectivity index (χ1n) is 6.65. The molecule has 0 fully saturated rings. The third kappa shape index (κ3) is 3.01. The molecular weight excluding hydrogens is 274 g/mol. The highest BCUT2D eigenvalue weighted by molar-refractivity contribution is 7.92. The molecule has 0 saturated carbocycles. The summed E-state index contributed by atoms with van der Waals surface area (Å²) in [4.78, 5) is 6.78. The van der Waals surface area contributed by atoms with E-state index in [1.54, 1.807) is 19.1 Å². The molecule has 0 radical (unpaired) electrons. The minimum atomic E-state index is -3.59. The fraction of sp³-hybridized carbons (Fsp3) is 0.357. The number of nitrogens with one attached hydrogen (secondary N) is 1. The maximum Gasteiger partial charge on any atom is 0.281 e. The van der Waals surface area contributed by atoms with E-state index in [0.29, 0.717) is 18.1 Å². The van der Waals surface area contributed by atoms with Crippen molar-refractivity contribution in [1.82, 2.24) is 9.97 Å². The van der Waals surface area contributed by atoms with E-state index >= 15 is 0 Å². The van der Waals surface area contributed by atoms with Crippen molar-refractivity contribution in [3.63, 3.8) is 0 Å². The molecule has 6 heteroatoms. The van der Waals surface area contributed by atoms with Crippen LogP contribution in [0.25, 0.3) is 0 Å². The Labute approximate surface area is 119 Å². The minimum Gasteiger partial charge on any atom is -0.332 e. The van der Waals surface area contributed by atoms with Crippen LogP contribution in [0.5, 0.6) is 0 Å². The molecule has 0 atom stereocenters. The lowest BCUT2D eigenvalue weighted by atomic mass is 10.3. The van der Waals surface area contributed by atoms with Crippen molar-refractivity contribution >= 4 is 15.7 Å². The fourth-order valence-corrected chi connectivity index (χ4v) is 3.40. The van der Waals surface area contributed by atoms with Gasteiger partial charge in [0, 0.05) is 6.54 Å². The molecule has 0 spiro atoms. The topological polar surface area (TPSA) is 66.1 Å². The lowest BCUT2D eigenvalue weighted by Crippen LogP contribution is -2.32. The molecule has 2 aromatic rings. The maximum atomic E-state index is 12.7. The second kappa shape index (κ2) is 6.09. The number of hydrogen-bond donors (Lipinski definition) is 1. The standard InChI is InChI=1S/C14H19N3O2S/c1-3-4-10-17(13-8-6-5-7-9-13)20(18,19)14-11-15-12(2)16-14/h5-9,11H,3-4,10H2,1-2H3,(H,15,16). The first-order chi connectivity index (χ1) is 9.55. The number of aromatic nitrogens is 2. The zero-order valence-corrected chi connectivity index (χ0v) is 12.5. The summed E-state index contributed by atoms with van der Waals surface area (Å²) < 4.78 is 26.8. The van der Waals surface area contributed by atoms with Gasteiger partial charge in [-0.1, -0.05) is 31.5 Å². The number of imidazole rings is 1. The number of H-pyrrole nitrogens is 1. The van der Waals surface area contributed by atoms with E-state index in [4.69, 9.17) is 0 Å². The van der Waals surface area contributed by atoms with Gasteiger partial charge in [-0.15, -0.1) is 0 Å². The van der Waals surface area contributed by atoms with Gasteiger partial charge in [0.15, 0.2) is 5.03 Å². The third-order valence-corrected chi connectivity index (χ3v) is 4.74. The van der Waals surface area contributed by atoms with Crippen LogP contribution >= 0.6 is 0 Å². The quantitative estimate of drug-likeness (QED) is 0.890. The second-order valence-corrected chi connectivity index (χ2v) is 6.43. The number of anilines is 1. The van der Waals surface area contributed by atoms with E-state index in [2.05, 4.69) is 9.97 Å². The van der Waals surface area contributed by atoms with E-state index in [0.717, 1.165) is 12.8 Å². The Bertz CT molecular complexity index is 650. The molecule has 1 aromatic heterocycles. The zero-order chi connectivity index (χ0) is 14.6. The molecule has 0 amide bonds. The van der Waals surface area contributed by atoms with Gasteiger partial charge < -0.3 is 4.98 Å². The summed E-state index contributed by atoms with van der Waals surface area (Å²) in [5, 5.41) is 0.134. The van der Waals surface area contributed by atoms with Crippen molar-refractivity contribution in [2.24, 2.45) is 0 Å². The predicted molar refractivity (Wildman–Crippen MR) is 79.2 cm³/mol. The van der Waals surface area contributed by atoms with Crippen LogP contribution in [0.1, 0.15) is 25.6 Å². The molecule has 1 aromatic carbocycles. The Kier molecular flexibility index (Phi) is 4.44. The average molecular weight is 293 g/mol. The van der Waals surface area contributed by atoms with Crippen molar-refractivity contribution in [3.05, 3.63) is 42.4 Å². The number of unbranched alkanes of at least 4 members (excludes halogenated alkanes) is 1. The molecular formula is C14H19N3O2S. The molecule has 20 heavy (non-hydrogen) atoms. The predicted octanol–water partition coefficient (Wildman–Crippen LogP) is 2.71. The van der Waals surface area contributed by atoms with E-state index in [1.165, 1.54) is 10.5 Å². The fourth-order valence-electron chi connectivity index (χ4n) is 1.93. The first kappa shape index (κ1) is 14.6. The Morgan fingerprint density at radius 1 is 1.25 bits per heavy atom. The van der Waals surface area contributed by atoms with Gasteiger partial charge in [0.1, 0.15) is 5.82 Å². The van der Waals surface area contributed by atoms with Crippen LogP contribution in [-0.4, -0.2) is 24.9 Å². The van der Waals surface area contributed by atoms with Gasteiger partial charge >= 0.3 is 0 Å². The molecule has 108 valence electrons. The zero-order valence-electron chi connectivity index (χ0n) is 11.7. The Morgan fingerprint density at radius 2 is 1.95 bits per heavy atom. The van der Waals surface area contributed by atoms with Crippen molar-refractivity contribution in [1.29, 1.82) is 0 Å². The van der Waals surface area contributed by atoms with Gasteiger partial charge in [-0.3, -0.25) is 4.31 Å². The summed E-state index contributed by atoms with van der Waals surface area (Å²) in [5.74, 6) is 0.590. The molecule has 0 aliphatic heterocycles. The lowest BCUT2D eigenvalue weighted by molar-refractivity contribution is 0.585. The van der Waals surface area contributed by atoms with E-state index in [-0.39, 0.29) is 5.03 Å². The van der Waals surface area contributed by atoms with Gasteiger partial charge in [-0.05, 0) is 25.5 Å². The van der Waals surface area contributed by atoms with Crippen LogP contribution in [0.2, 0.25) is 0 Å². The van der Waals surface area contributed by atoms with Crippen LogP contribution in [0, 0.1) is 6.92 Å². The molecule has 0 saturated heterocycles. The second-order valence-electron chi connectivity index (χ2n) is 4.60. The molecule has 0 bridgehead atoms. The highest BCUT2D eigenvalue weighted by atomic mass is 32.2. The number of hydrogen-bond acceptors (Lipinski definition) is 3. The number of benzene rings is 1. The van der Waals surface area contributed by atoms with Crippen LogP contribution in [0.15, 0.2) is 41.6 Å². The number of rotatable bonds is 6. The Balaban J connectivity index is 2.40. The summed E-state index contributed by atoms with van der Waals surface area (Å²) in [5.41, 5.74) is 0.674. The largest absolute Gasteiger partial charge is 0.332 e. The highest BCUT2D eigenvalue weighted by Crippen LogP contribution is 2.22. The Morgan fingerprint density at radius 3 is 2.50 bits per heavy atom. The molecule has 0 unspecified atom stereocenters. The van der Waals surface area contributed by atoms with E-state index < -0.39 is 10.0 Å². The molecule has 2 rings (SSSR count). The summed E-state index contributed by atoms with van der Waals surface area (Å²) in [7, 11) is -3.59. The number of aromatic amines is 1.